The lowest BCUT2D eigenvalue weighted by molar-refractivity contribution is -0.138. The zero-order chi connectivity index (χ0) is 12.5. The number of carboxylic acids is 1. The second-order valence-electron chi connectivity index (χ2n) is 3.17. The lowest BCUT2D eigenvalue weighted by Crippen LogP contribution is -2.32. The van der Waals surface area contributed by atoms with E-state index < -0.39 is 47.1 Å². The summed E-state index contributed by atoms with van der Waals surface area (Å²) in [5.74, 6) is -6.08. The average molecular weight is 233 g/mol. The van der Waals surface area contributed by atoms with Gasteiger partial charge in [0.15, 0.2) is 17.3 Å². The first-order chi connectivity index (χ1) is 7.34. The van der Waals surface area contributed by atoms with Crippen molar-refractivity contribution in [1.82, 2.24) is 0 Å². The molecular formula is C9H9F2NO4. The van der Waals surface area contributed by atoms with Crippen LogP contribution in [0.25, 0.3) is 0 Å². The second-order valence-corrected chi connectivity index (χ2v) is 3.17. The first kappa shape index (κ1) is 12.2. The summed E-state index contributed by atoms with van der Waals surface area (Å²) in [4.78, 5) is 10.4. The minimum absolute atomic E-state index is 0.488. The van der Waals surface area contributed by atoms with Crippen molar-refractivity contribution in [2.24, 2.45) is 5.73 Å². The predicted octanol–water partition coefficient (Wildman–Crippen LogP) is 0.330. The van der Waals surface area contributed by atoms with Gasteiger partial charge >= 0.3 is 5.97 Å². The Morgan fingerprint density at radius 1 is 1.44 bits per heavy atom. The molecule has 1 atom stereocenters. The fourth-order valence-electron chi connectivity index (χ4n) is 1.13. The molecule has 88 valence electrons. The van der Waals surface area contributed by atoms with Crippen molar-refractivity contribution >= 4 is 5.97 Å². The van der Waals surface area contributed by atoms with Crippen LogP contribution >= 0.6 is 0 Å². The third-order valence-corrected chi connectivity index (χ3v) is 2.01. The molecule has 0 radical (unpaired) electrons. The molecule has 7 heteroatoms. The van der Waals surface area contributed by atoms with Crippen LogP contribution in [0.15, 0.2) is 6.07 Å². The van der Waals surface area contributed by atoms with Crippen molar-refractivity contribution in [3.8, 4) is 11.5 Å². The molecule has 1 aromatic rings. The Bertz CT molecular complexity index is 436. The van der Waals surface area contributed by atoms with Crippen LogP contribution in [0.3, 0.4) is 0 Å². The normalized spacial score (nSPS) is 12.4. The molecule has 0 heterocycles. The number of rotatable bonds is 3. The fraction of sp³-hybridized carbons (Fsp3) is 0.222. The molecule has 0 bridgehead atoms. The highest BCUT2D eigenvalue weighted by Crippen LogP contribution is 2.32. The minimum atomic E-state index is -1.49. The van der Waals surface area contributed by atoms with Crippen LogP contribution in [0.1, 0.15) is 5.56 Å². The van der Waals surface area contributed by atoms with Crippen LogP contribution in [-0.4, -0.2) is 27.3 Å². The minimum Gasteiger partial charge on any atom is -0.504 e. The van der Waals surface area contributed by atoms with Crippen molar-refractivity contribution in [3.05, 3.63) is 23.3 Å². The van der Waals surface area contributed by atoms with Crippen molar-refractivity contribution in [1.29, 1.82) is 0 Å². The summed E-state index contributed by atoms with van der Waals surface area (Å²) in [5.41, 5.74) is 4.42. The molecule has 0 aliphatic carbocycles. The molecular weight excluding hydrogens is 224 g/mol. The van der Waals surface area contributed by atoms with Crippen molar-refractivity contribution in [3.63, 3.8) is 0 Å². The Labute approximate surface area is 88.7 Å². The number of aromatic hydroxyl groups is 2. The lowest BCUT2D eigenvalue weighted by atomic mass is 10.0. The van der Waals surface area contributed by atoms with Gasteiger partial charge in [-0.25, -0.2) is 8.78 Å². The highest BCUT2D eigenvalue weighted by Gasteiger charge is 2.22. The van der Waals surface area contributed by atoms with Gasteiger partial charge in [-0.15, -0.1) is 0 Å². The Morgan fingerprint density at radius 3 is 2.50 bits per heavy atom. The summed E-state index contributed by atoms with van der Waals surface area (Å²) in [6.45, 7) is 0. The topological polar surface area (TPSA) is 104 Å². The summed E-state index contributed by atoms with van der Waals surface area (Å²) in [6, 6.07) is -1.00. The lowest BCUT2D eigenvalue weighted by Gasteiger charge is -2.10. The number of benzene rings is 1. The number of hydrogen-bond donors (Lipinski definition) is 4. The molecule has 0 saturated carbocycles. The van der Waals surface area contributed by atoms with E-state index in [9.17, 15) is 13.6 Å². The van der Waals surface area contributed by atoms with Crippen molar-refractivity contribution in [2.45, 2.75) is 12.5 Å². The number of phenols is 2. The Morgan fingerprint density at radius 2 is 2.00 bits per heavy atom. The highest BCUT2D eigenvalue weighted by atomic mass is 19.1. The number of carboxylic acid groups (broad SMARTS) is 1. The third-order valence-electron chi connectivity index (χ3n) is 2.01. The molecule has 5 N–H and O–H groups in total. The van der Waals surface area contributed by atoms with E-state index in [0.717, 1.165) is 0 Å². The zero-order valence-electron chi connectivity index (χ0n) is 7.94. The molecule has 5 nitrogen and oxygen atoms in total. The standard InChI is InChI=1S/C9H9F2NO4/c10-4-2-6(13)8(14)7(11)3(4)1-5(12)9(15)16/h2,5,13-14H,1,12H2,(H,15,16). The van der Waals surface area contributed by atoms with Crippen LogP contribution in [0.4, 0.5) is 8.78 Å². The van der Waals surface area contributed by atoms with Gasteiger partial charge < -0.3 is 21.1 Å². The Balaban J connectivity index is 3.14. The summed E-state index contributed by atoms with van der Waals surface area (Å²) >= 11 is 0. The van der Waals surface area contributed by atoms with E-state index in [1.54, 1.807) is 0 Å². The maximum atomic E-state index is 13.2. The number of phenolic OH excluding ortho intramolecular Hbond substituents is 2. The van der Waals surface area contributed by atoms with Gasteiger partial charge in [0.05, 0.1) is 0 Å². The van der Waals surface area contributed by atoms with E-state index in [1.165, 1.54) is 0 Å². The zero-order valence-corrected chi connectivity index (χ0v) is 7.94. The van der Waals surface area contributed by atoms with Gasteiger partial charge in [-0.1, -0.05) is 0 Å². The van der Waals surface area contributed by atoms with E-state index >= 15 is 0 Å². The van der Waals surface area contributed by atoms with E-state index in [-0.39, 0.29) is 0 Å². The second kappa shape index (κ2) is 4.31. The largest absolute Gasteiger partial charge is 0.504 e. The SMILES string of the molecule is NC(Cc1c(F)cc(O)c(O)c1F)C(=O)O. The summed E-state index contributed by atoms with van der Waals surface area (Å²) in [6.07, 6.45) is -0.624. The van der Waals surface area contributed by atoms with Gasteiger partial charge in [0.2, 0.25) is 0 Å². The van der Waals surface area contributed by atoms with E-state index in [0.29, 0.717) is 6.07 Å². The molecule has 16 heavy (non-hydrogen) atoms. The molecule has 1 aromatic carbocycles. The van der Waals surface area contributed by atoms with Crippen LogP contribution < -0.4 is 5.73 Å². The van der Waals surface area contributed by atoms with Gasteiger partial charge in [0.25, 0.3) is 0 Å². The third kappa shape index (κ3) is 2.19. The fourth-order valence-corrected chi connectivity index (χ4v) is 1.13. The molecule has 1 unspecified atom stereocenters. The number of nitrogens with two attached hydrogens (primary N) is 1. The summed E-state index contributed by atoms with van der Waals surface area (Å²) in [7, 11) is 0. The first-order valence-corrected chi connectivity index (χ1v) is 4.21. The average Bonchev–Trinajstić information content (AvgIpc) is 2.20. The predicted molar refractivity (Wildman–Crippen MR) is 49.0 cm³/mol. The molecule has 0 aromatic heterocycles. The van der Waals surface area contributed by atoms with Gasteiger partial charge in [-0.3, -0.25) is 4.79 Å². The van der Waals surface area contributed by atoms with Gasteiger partial charge in [-0.05, 0) is 0 Å². The van der Waals surface area contributed by atoms with Crippen molar-refractivity contribution < 1.29 is 28.9 Å². The molecule has 0 spiro atoms. The maximum Gasteiger partial charge on any atom is 0.320 e. The van der Waals surface area contributed by atoms with Gasteiger partial charge in [0.1, 0.15) is 11.9 Å². The Hall–Kier alpha value is -1.89. The van der Waals surface area contributed by atoms with E-state index in [4.69, 9.17) is 21.1 Å². The number of halogens is 2. The van der Waals surface area contributed by atoms with Crippen LogP contribution in [0, 0.1) is 11.6 Å². The molecule has 0 fully saturated rings. The molecule has 0 aliphatic heterocycles. The van der Waals surface area contributed by atoms with Crippen LogP contribution in [0.2, 0.25) is 0 Å². The molecule has 0 saturated heterocycles. The maximum absolute atomic E-state index is 13.2. The highest BCUT2D eigenvalue weighted by molar-refractivity contribution is 5.73. The van der Waals surface area contributed by atoms with Crippen LogP contribution in [0.5, 0.6) is 11.5 Å². The number of hydrogen-bond acceptors (Lipinski definition) is 4. The molecule has 1 rings (SSSR count). The van der Waals surface area contributed by atoms with Crippen molar-refractivity contribution in [2.75, 3.05) is 0 Å². The van der Waals surface area contributed by atoms with Gasteiger partial charge in [0, 0.05) is 18.1 Å². The molecule has 0 amide bonds. The summed E-state index contributed by atoms with van der Waals surface area (Å²) < 4.78 is 26.4. The molecule has 0 aliphatic rings. The monoisotopic (exact) mass is 233 g/mol. The smallest absolute Gasteiger partial charge is 0.320 e. The summed E-state index contributed by atoms with van der Waals surface area (Å²) in [5, 5.41) is 26.3. The van der Waals surface area contributed by atoms with E-state index in [2.05, 4.69) is 0 Å². The Kier molecular flexibility index (Phi) is 3.28. The quantitative estimate of drug-likeness (QED) is 0.563. The van der Waals surface area contributed by atoms with Gasteiger partial charge in [-0.2, -0.15) is 0 Å². The first-order valence-electron chi connectivity index (χ1n) is 4.21. The van der Waals surface area contributed by atoms with E-state index in [1.807, 2.05) is 0 Å². The number of carbonyl (C=O) groups is 1. The van der Waals surface area contributed by atoms with Crippen LogP contribution in [-0.2, 0) is 11.2 Å². The number of aliphatic carboxylic acids is 1.